The van der Waals surface area contributed by atoms with Crippen LogP contribution >= 0.6 is 0 Å². The van der Waals surface area contributed by atoms with Crippen LogP contribution in [0.15, 0.2) is 120 Å². The molecule has 0 spiro atoms. The first kappa shape index (κ1) is 35.5. The van der Waals surface area contributed by atoms with Gasteiger partial charge in [-0.25, -0.2) is 9.97 Å². The Morgan fingerprint density at radius 2 is 1.19 bits per heavy atom. The second kappa shape index (κ2) is 13.1. The van der Waals surface area contributed by atoms with Gasteiger partial charge in [-0.15, -0.1) is 0 Å². The van der Waals surface area contributed by atoms with Crippen LogP contribution in [-0.2, 0) is 10.8 Å². The Kier molecular flexibility index (Phi) is 8.64. The summed E-state index contributed by atoms with van der Waals surface area (Å²) in [5.41, 5.74) is 15.3. The molecule has 4 nitrogen and oxygen atoms in total. The number of hydrogen-bond donors (Lipinski definition) is 0. The van der Waals surface area contributed by atoms with Crippen molar-refractivity contribution in [2.24, 2.45) is 0 Å². The maximum absolute atomic E-state index is 6.85. The SMILES string of the molecule is CC(C)c1cc(-c2ccccc2)cc(C(C)C)c1-n1c(-c2cccc3c2oc2nc(-c4cc(C(C)(C)C)cc(C(C)(C)C)c4)ccc23)nc2ccccc21. The van der Waals surface area contributed by atoms with Crippen molar-refractivity contribution in [3.63, 3.8) is 0 Å². The summed E-state index contributed by atoms with van der Waals surface area (Å²) < 4.78 is 9.24. The van der Waals surface area contributed by atoms with Gasteiger partial charge in [-0.3, -0.25) is 4.57 Å². The first-order valence-corrected chi connectivity index (χ1v) is 19.4. The van der Waals surface area contributed by atoms with Gasteiger partial charge in [0.05, 0.1) is 28.0 Å². The number of nitrogens with zero attached hydrogens (tertiary/aromatic N) is 3. The molecule has 4 heteroatoms. The summed E-state index contributed by atoms with van der Waals surface area (Å²) in [6.07, 6.45) is 0. The van der Waals surface area contributed by atoms with E-state index in [0.29, 0.717) is 5.71 Å². The van der Waals surface area contributed by atoms with Gasteiger partial charge in [0.25, 0.3) is 0 Å². The molecule has 0 fully saturated rings. The van der Waals surface area contributed by atoms with Crippen molar-refractivity contribution < 1.29 is 4.42 Å². The van der Waals surface area contributed by atoms with Gasteiger partial charge in [-0.05, 0) is 111 Å². The van der Waals surface area contributed by atoms with E-state index >= 15 is 0 Å². The van der Waals surface area contributed by atoms with Crippen molar-refractivity contribution in [1.29, 1.82) is 0 Å². The Balaban J connectivity index is 1.37. The second-order valence-electron chi connectivity index (χ2n) is 17.6. The molecule has 0 radical (unpaired) electrons. The molecule has 0 amide bonds. The lowest BCUT2D eigenvalue weighted by molar-refractivity contribution is 0.569. The van der Waals surface area contributed by atoms with Crippen LogP contribution in [0.1, 0.15) is 103 Å². The fourth-order valence-electron chi connectivity index (χ4n) is 7.71. The van der Waals surface area contributed by atoms with Crippen LogP contribution in [0.5, 0.6) is 0 Å². The number of benzene rings is 5. The van der Waals surface area contributed by atoms with Crippen LogP contribution in [0.2, 0.25) is 0 Å². The van der Waals surface area contributed by atoms with E-state index in [4.69, 9.17) is 14.4 Å². The van der Waals surface area contributed by atoms with Gasteiger partial charge < -0.3 is 4.42 Å². The van der Waals surface area contributed by atoms with E-state index in [0.717, 1.165) is 50.0 Å². The first-order valence-electron chi connectivity index (χ1n) is 19.4. The number of pyridine rings is 1. The van der Waals surface area contributed by atoms with Crippen molar-refractivity contribution in [3.05, 3.63) is 138 Å². The zero-order valence-corrected chi connectivity index (χ0v) is 33.4. The Labute approximate surface area is 319 Å². The number of aromatic nitrogens is 3. The fraction of sp³-hybridized carbons (Fsp3) is 0.280. The topological polar surface area (TPSA) is 43.9 Å². The summed E-state index contributed by atoms with van der Waals surface area (Å²) in [6, 6.07) is 41.6. The summed E-state index contributed by atoms with van der Waals surface area (Å²) in [4.78, 5) is 10.6. The van der Waals surface area contributed by atoms with Crippen molar-refractivity contribution >= 4 is 33.1 Å². The zero-order chi connectivity index (χ0) is 38.1. The molecule has 0 unspecified atom stereocenters. The largest absolute Gasteiger partial charge is 0.437 e. The Morgan fingerprint density at radius 1 is 0.556 bits per heavy atom. The van der Waals surface area contributed by atoms with Crippen molar-refractivity contribution in [2.45, 2.75) is 91.9 Å². The molecule has 54 heavy (non-hydrogen) atoms. The molecule has 0 bridgehead atoms. The number of hydrogen-bond acceptors (Lipinski definition) is 3. The highest BCUT2D eigenvalue weighted by atomic mass is 16.3. The van der Waals surface area contributed by atoms with Gasteiger partial charge in [0, 0.05) is 16.3 Å². The molecule has 3 aromatic heterocycles. The summed E-state index contributed by atoms with van der Waals surface area (Å²) in [5.74, 6) is 1.41. The van der Waals surface area contributed by atoms with E-state index in [2.05, 4.69) is 189 Å². The Morgan fingerprint density at radius 3 is 1.81 bits per heavy atom. The third kappa shape index (κ3) is 6.22. The Hall–Kier alpha value is -5.48. The molecule has 272 valence electrons. The molecule has 0 N–H and O–H groups in total. The van der Waals surface area contributed by atoms with E-state index in [1.54, 1.807) is 0 Å². The van der Waals surface area contributed by atoms with Gasteiger partial charge in [0.1, 0.15) is 11.4 Å². The number of para-hydroxylation sites is 3. The molecule has 8 aromatic rings. The molecule has 0 aliphatic rings. The molecule has 0 aliphatic heterocycles. The maximum Gasteiger partial charge on any atom is 0.227 e. The minimum absolute atomic E-state index is 0.00652. The van der Waals surface area contributed by atoms with Crippen molar-refractivity contribution in [1.82, 2.24) is 14.5 Å². The molecule has 0 aliphatic carbocycles. The van der Waals surface area contributed by atoms with Crippen molar-refractivity contribution in [2.75, 3.05) is 0 Å². The summed E-state index contributed by atoms with van der Waals surface area (Å²) in [7, 11) is 0. The average molecular weight is 710 g/mol. The normalized spacial score (nSPS) is 12.6. The predicted molar refractivity (Wildman–Crippen MR) is 228 cm³/mol. The number of fused-ring (bicyclic) bond motifs is 4. The molecule has 3 heterocycles. The standard InChI is InChI=1S/C50H51N3O/c1-30(2)40-27-33(32-17-12-11-13-18-32)28-41(31(3)4)45(40)53-44-22-15-14-21-43(44)51-47(53)39-20-16-19-37-38-23-24-42(52-48(38)54-46(37)39)34-25-35(49(5,6)7)29-36(26-34)50(8,9)10/h11-31H,1-10H3. The third-order valence-electron chi connectivity index (χ3n) is 10.9. The predicted octanol–water partition coefficient (Wildman–Crippen LogP) is 14.2. The van der Waals surface area contributed by atoms with Crippen LogP contribution in [-0.4, -0.2) is 14.5 Å². The molecule has 0 saturated heterocycles. The highest BCUT2D eigenvalue weighted by Crippen LogP contribution is 2.43. The molecular formula is C50H51N3O. The van der Waals surface area contributed by atoms with E-state index < -0.39 is 0 Å². The molecule has 0 saturated carbocycles. The van der Waals surface area contributed by atoms with Gasteiger partial charge in [-0.2, -0.15) is 0 Å². The smallest absolute Gasteiger partial charge is 0.227 e. The van der Waals surface area contributed by atoms with Crippen LogP contribution in [0.4, 0.5) is 0 Å². The first-order chi connectivity index (χ1) is 25.7. The van der Waals surface area contributed by atoms with E-state index in [1.165, 1.54) is 39.1 Å². The quantitative estimate of drug-likeness (QED) is 0.173. The van der Waals surface area contributed by atoms with Crippen LogP contribution in [0.25, 0.3) is 72.6 Å². The number of rotatable bonds is 6. The molecule has 5 aromatic carbocycles. The lowest BCUT2D eigenvalue weighted by atomic mass is 9.79. The highest BCUT2D eigenvalue weighted by molar-refractivity contribution is 6.09. The minimum Gasteiger partial charge on any atom is -0.437 e. The minimum atomic E-state index is 0.00652. The van der Waals surface area contributed by atoms with E-state index in [-0.39, 0.29) is 22.7 Å². The molecular weight excluding hydrogens is 659 g/mol. The number of imidazole rings is 1. The number of furan rings is 1. The third-order valence-corrected chi connectivity index (χ3v) is 10.9. The van der Waals surface area contributed by atoms with Crippen LogP contribution < -0.4 is 0 Å². The maximum atomic E-state index is 6.85. The van der Waals surface area contributed by atoms with Gasteiger partial charge >= 0.3 is 0 Å². The van der Waals surface area contributed by atoms with Gasteiger partial charge in [0.2, 0.25) is 5.71 Å². The van der Waals surface area contributed by atoms with Crippen LogP contribution in [0, 0.1) is 0 Å². The summed E-state index contributed by atoms with van der Waals surface area (Å²) in [6.45, 7) is 22.8. The molecule has 8 rings (SSSR count). The van der Waals surface area contributed by atoms with Gasteiger partial charge in [0.15, 0.2) is 0 Å². The Bertz CT molecular complexity index is 2610. The van der Waals surface area contributed by atoms with E-state index in [9.17, 15) is 0 Å². The monoisotopic (exact) mass is 709 g/mol. The zero-order valence-electron chi connectivity index (χ0n) is 33.4. The lowest BCUT2D eigenvalue weighted by Crippen LogP contribution is -2.16. The van der Waals surface area contributed by atoms with Crippen LogP contribution in [0.3, 0.4) is 0 Å². The lowest BCUT2D eigenvalue weighted by Gasteiger charge is -2.26. The summed E-state index contributed by atoms with van der Waals surface area (Å²) in [5, 5.41) is 2.03. The van der Waals surface area contributed by atoms with Gasteiger partial charge in [-0.1, -0.05) is 130 Å². The molecule has 0 atom stereocenters. The van der Waals surface area contributed by atoms with Crippen molar-refractivity contribution in [3.8, 4) is 39.5 Å². The average Bonchev–Trinajstić information content (AvgIpc) is 3.72. The highest BCUT2D eigenvalue weighted by Gasteiger charge is 2.26. The van der Waals surface area contributed by atoms with E-state index in [1.807, 2.05) is 0 Å². The fourth-order valence-corrected chi connectivity index (χ4v) is 7.71. The second-order valence-corrected chi connectivity index (χ2v) is 17.6. The summed E-state index contributed by atoms with van der Waals surface area (Å²) >= 11 is 0.